The van der Waals surface area contributed by atoms with Crippen LogP contribution in [-0.4, -0.2) is 29.3 Å². The second-order valence-electron chi connectivity index (χ2n) is 3.66. The van der Waals surface area contributed by atoms with E-state index in [0.717, 1.165) is 4.47 Å². The normalized spacial score (nSPS) is 12.2. The van der Waals surface area contributed by atoms with Crippen LogP contribution in [0.25, 0.3) is 0 Å². The van der Waals surface area contributed by atoms with Crippen LogP contribution in [0.3, 0.4) is 0 Å². The fourth-order valence-corrected chi connectivity index (χ4v) is 1.56. The number of carboxylic acid groups (broad SMARTS) is 1. The summed E-state index contributed by atoms with van der Waals surface area (Å²) in [7, 11) is 0. The third-order valence-corrected chi connectivity index (χ3v) is 2.66. The Morgan fingerprint density at radius 3 is 2.81 bits per heavy atom. The first-order chi connectivity index (χ1) is 7.54. The Bertz CT molecular complexity index is 381. The maximum atomic E-state index is 10.9. The highest BCUT2D eigenvalue weighted by atomic mass is 79.9. The number of aliphatic hydroxyl groups excluding tert-OH is 1. The zero-order chi connectivity index (χ0) is 12.1. The van der Waals surface area contributed by atoms with Gasteiger partial charge in [-0.2, -0.15) is 0 Å². The van der Waals surface area contributed by atoms with Crippen molar-refractivity contribution in [2.24, 2.45) is 5.92 Å². The summed E-state index contributed by atoms with van der Waals surface area (Å²) in [6.45, 7) is 2.49. The molecule has 0 bridgehead atoms. The van der Waals surface area contributed by atoms with Crippen LogP contribution in [0.4, 0.5) is 5.69 Å². The highest BCUT2D eigenvalue weighted by Crippen LogP contribution is 2.21. The van der Waals surface area contributed by atoms with Crippen molar-refractivity contribution in [1.29, 1.82) is 0 Å². The Labute approximate surface area is 102 Å². The van der Waals surface area contributed by atoms with E-state index in [2.05, 4.69) is 21.2 Å². The van der Waals surface area contributed by atoms with E-state index in [9.17, 15) is 4.79 Å². The number of nitrogens with one attached hydrogen (secondary N) is 1. The van der Waals surface area contributed by atoms with Crippen molar-refractivity contribution in [3.05, 3.63) is 28.2 Å². The fraction of sp³-hybridized carbons (Fsp3) is 0.364. The zero-order valence-electron chi connectivity index (χ0n) is 8.90. The summed E-state index contributed by atoms with van der Waals surface area (Å²) >= 11 is 3.29. The molecule has 0 spiro atoms. The van der Waals surface area contributed by atoms with E-state index >= 15 is 0 Å². The minimum Gasteiger partial charge on any atom is -0.478 e. The van der Waals surface area contributed by atoms with Crippen LogP contribution in [0.1, 0.15) is 17.3 Å². The van der Waals surface area contributed by atoms with E-state index in [0.29, 0.717) is 12.2 Å². The molecule has 0 fully saturated rings. The van der Waals surface area contributed by atoms with Crippen molar-refractivity contribution in [1.82, 2.24) is 0 Å². The Morgan fingerprint density at radius 1 is 1.56 bits per heavy atom. The maximum absolute atomic E-state index is 10.9. The van der Waals surface area contributed by atoms with E-state index in [1.54, 1.807) is 18.2 Å². The van der Waals surface area contributed by atoms with E-state index in [4.69, 9.17) is 10.2 Å². The van der Waals surface area contributed by atoms with Gasteiger partial charge in [-0.25, -0.2) is 4.79 Å². The van der Waals surface area contributed by atoms with Gasteiger partial charge in [-0.15, -0.1) is 0 Å². The van der Waals surface area contributed by atoms with Gasteiger partial charge in [0.25, 0.3) is 0 Å². The summed E-state index contributed by atoms with van der Waals surface area (Å²) in [6.07, 6.45) is 0. The summed E-state index contributed by atoms with van der Waals surface area (Å²) in [4.78, 5) is 10.9. The molecule has 1 rings (SSSR count). The Kier molecular flexibility index (Phi) is 4.76. The lowest BCUT2D eigenvalue weighted by molar-refractivity contribution is 0.0698. The molecular weight excluding hydrogens is 274 g/mol. The van der Waals surface area contributed by atoms with E-state index < -0.39 is 5.97 Å². The molecule has 1 unspecified atom stereocenters. The van der Waals surface area contributed by atoms with Crippen LogP contribution in [0.15, 0.2) is 22.7 Å². The van der Waals surface area contributed by atoms with E-state index in [1.165, 1.54) is 0 Å². The monoisotopic (exact) mass is 287 g/mol. The molecule has 0 aliphatic carbocycles. The predicted molar refractivity (Wildman–Crippen MR) is 65.8 cm³/mol. The molecule has 0 saturated carbocycles. The first-order valence-corrected chi connectivity index (χ1v) is 5.71. The lowest BCUT2D eigenvalue weighted by atomic mass is 10.1. The van der Waals surface area contributed by atoms with Gasteiger partial charge in [0.15, 0.2) is 0 Å². The number of aromatic carboxylic acids is 1. The van der Waals surface area contributed by atoms with Gasteiger partial charge < -0.3 is 15.5 Å². The Balaban J connectivity index is 2.84. The first kappa shape index (κ1) is 13.0. The molecule has 0 heterocycles. The van der Waals surface area contributed by atoms with Crippen molar-refractivity contribution in [3.63, 3.8) is 0 Å². The van der Waals surface area contributed by atoms with Gasteiger partial charge in [0.05, 0.1) is 5.56 Å². The largest absolute Gasteiger partial charge is 0.478 e. The lowest BCUT2D eigenvalue weighted by Crippen LogP contribution is -2.16. The van der Waals surface area contributed by atoms with Crippen molar-refractivity contribution in [2.45, 2.75) is 6.92 Å². The zero-order valence-corrected chi connectivity index (χ0v) is 10.5. The second kappa shape index (κ2) is 5.86. The molecule has 0 saturated heterocycles. The topological polar surface area (TPSA) is 69.6 Å². The number of benzene rings is 1. The van der Waals surface area contributed by atoms with Gasteiger partial charge in [-0.05, 0) is 24.1 Å². The third kappa shape index (κ3) is 3.50. The number of carbonyl (C=O) groups is 1. The van der Waals surface area contributed by atoms with Gasteiger partial charge in [0.2, 0.25) is 0 Å². The van der Waals surface area contributed by atoms with Crippen molar-refractivity contribution < 1.29 is 15.0 Å². The van der Waals surface area contributed by atoms with Crippen molar-refractivity contribution in [2.75, 3.05) is 18.5 Å². The van der Waals surface area contributed by atoms with Gasteiger partial charge in [0.1, 0.15) is 0 Å². The standard InChI is InChI=1S/C11H14BrNO3/c1-7(6-14)5-13-10-4-8(12)2-3-9(10)11(15)16/h2-4,7,13-14H,5-6H2,1H3,(H,15,16). The number of hydrogen-bond donors (Lipinski definition) is 3. The fourth-order valence-electron chi connectivity index (χ4n) is 1.20. The SMILES string of the molecule is CC(CO)CNc1cc(Br)ccc1C(=O)O. The number of rotatable bonds is 5. The average molecular weight is 288 g/mol. The summed E-state index contributed by atoms with van der Waals surface area (Å²) in [5.41, 5.74) is 0.788. The first-order valence-electron chi connectivity index (χ1n) is 4.92. The van der Waals surface area contributed by atoms with E-state index in [1.807, 2.05) is 6.92 Å². The maximum Gasteiger partial charge on any atom is 0.337 e. The van der Waals surface area contributed by atoms with Gasteiger partial charge in [0, 0.05) is 23.3 Å². The molecule has 0 radical (unpaired) electrons. The highest BCUT2D eigenvalue weighted by Gasteiger charge is 2.10. The Hall–Kier alpha value is -1.07. The smallest absolute Gasteiger partial charge is 0.337 e. The molecule has 1 atom stereocenters. The Morgan fingerprint density at radius 2 is 2.25 bits per heavy atom. The molecule has 0 aliphatic rings. The van der Waals surface area contributed by atoms with E-state index in [-0.39, 0.29) is 18.1 Å². The van der Waals surface area contributed by atoms with Crippen LogP contribution in [0.5, 0.6) is 0 Å². The number of anilines is 1. The van der Waals surface area contributed by atoms with Crippen LogP contribution in [0.2, 0.25) is 0 Å². The third-order valence-electron chi connectivity index (χ3n) is 2.16. The molecule has 4 nitrogen and oxygen atoms in total. The minimum atomic E-state index is -0.966. The molecule has 0 aliphatic heterocycles. The second-order valence-corrected chi connectivity index (χ2v) is 4.58. The van der Waals surface area contributed by atoms with Crippen LogP contribution >= 0.6 is 15.9 Å². The number of hydrogen-bond acceptors (Lipinski definition) is 3. The summed E-state index contributed by atoms with van der Waals surface area (Å²) in [6, 6.07) is 4.94. The predicted octanol–water partition coefficient (Wildman–Crippen LogP) is 2.19. The van der Waals surface area contributed by atoms with Gasteiger partial charge >= 0.3 is 5.97 Å². The average Bonchev–Trinajstić information content (AvgIpc) is 2.25. The van der Waals surface area contributed by atoms with Crippen molar-refractivity contribution >= 4 is 27.6 Å². The summed E-state index contributed by atoms with van der Waals surface area (Å²) in [5, 5.41) is 20.9. The summed E-state index contributed by atoms with van der Waals surface area (Å²) in [5.74, 6) is -0.882. The molecule has 1 aromatic carbocycles. The van der Waals surface area contributed by atoms with Crippen LogP contribution in [-0.2, 0) is 0 Å². The highest BCUT2D eigenvalue weighted by molar-refractivity contribution is 9.10. The van der Waals surface area contributed by atoms with Gasteiger partial charge in [-0.1, -0.05) is 22.9 Å². The number of halogens is 1. The molecule has 16 heavy (non-hydrogen) atoms. The van der Waals surface area contributed by atoms with Gasteiger partial charge in [-0.3, -0.25) is 0 Å². The van der Waals surface area contributed by atoms with Crippen molar-refractivity contribution in [3.8, 4) is 0 Å². The number of carboxylic acids is 1. The molecule has 3 N–H and O–H groups in total. The molecular formula is C11H14BrNO3. The molecule has 1 aromatic rings. The molecule has 0 amide bonds. The quantitative estimate of drug-likeness (QED) is 0.776. The minimum absolute atomic E-state index is 0.0728. The van der Waals surface area contributed by atoms with Crippen LogP contribution in [0, 0.1) is 5.92 Å². The molecule has 0 aromatic heterocycles. The summed E-state index contributed by atoms with van der Waals surface area (Å²) < 4.78 is 0.816. The number of aliphatic hydroxyl groups is 1. The van der Waals surface area contributed by atoms with Crippen LogP contribution < -0.4 is 5.32 Å². The molecule has 88 valence electrons. The lowest BCUT2D eigenvalue weighted by Gasteiger charge is -2.13. The molecule has 5 heteroatoms.